The summed E-state index contributed by atoms with van der Waals surface area (Å²) in [5, 5.41) is 0. The summed E-state index contributed by atoms with van der Waals surface area (Å²) in [5.41, 5.74) is 2.25. The second-order valence-corrected chi connectivity index (χ2v) is 3.96. The Labute approximate surface area is 106 Å². The van der Waals surface area contributed by atoms with Gasteiger partial charge in [-0.05, 0) is 0 Å². The summed E-state index contributed by atoms with van der Waals surface area (Å²) >= 11 is 0. The van der Waals surface area contributed by atoms with Crippen molar-refractivity contribution in [2.24, 2.45) is 0 Å². The molecule has 0 saturated heterocycles. The molecule has 86 valence electrons. The quantitative estimate of drug-likeness (QED) is 0.618. The Morgan fingerprint density at radius 3 is 2.17 bits per heavy atom. The van der Waals surface area contributed by atoms with Gasteiger partial charge in [0.25, 0.3) is 5.69 Å². The molecule has 0 amide bonds. The third-order valence-electron chi connectivity index (χ3n) is 2.76. The summed E-state index contributed by atoms with van der Waals surface area (Å²) in [4.78, 5) is 4.02. The smallest absolute Gasteiger partial charge is 0.252 e. The summed E-state index contributed by atoms with van der Waals surface area (Å²) in [5.74, 6) is 0. The minimum absolute atomic E-state index is 1.10. The molecule has 0 fully saturated rings. The summed E-state index contributed by atoms with van der Waals surface area (Å²) in [7, 11) is 0. The molecule has 18 heavy (non-hydrogen) atoms. The number of hydrogen-bond acceptors (Lipinski definition) is 1. The molecule has 0 N–H and O–H groups in total. The Morgan fingerprint density at radius 1 is 0.667 bits per heavy atom. The number of hydrogen-bond donors (Lipinski definition) is 0. The lowest BCUT2D eigenvalue weighted by Crippen LogP contribution is -2.36. The van der Waals surface area contributed by atoms with Crippen LogP contribution in [0.3, 0.4) is 0 Å². The molecule has 3 heteroatoms. The van der Waals surface area contributed by atoms with Crippen molar-refractivity contribution in [1.82, 2.24) is 4.98 Å². The maximum atomic E-state index is 4.02. The zero-order chi connectivity index (χ0) is 12.2. The Bertz CT molecular complexity index is 581. The fourth-order valence-corrected chi connectivity index (χ4v) is 1.87. The van der Waals surface area contributed by atoms with E-state index in [9.17, 15) is 0 Å². The van der Waals surface area contributed by atoms with Gasteiger partial charge in [0.15, 0.2) is 18.6 Å². The number of benzene rings is 1. The average molecular weight is 235 g/mol. The van der Waals surface area contributed by atoms with E-state index in [1.54, 1.807) is 12.4 Å². The van der Waals surface area contributed by atoms with Crippen molar-refractivity contribution < 1.29 is 9.13 Å². The molecular weight excluding hydrogens is 222 g/mol. The van der Waals surface area contributed by atoms with E-state index < -0.39 is 0 Å². The maximum Gasteiger partial charge on any atom is 0.275 e. The van der Waals surface area contributed by atoms with Gasteiger partial charge in [-0.1, -0.05) is 18.2 Å². The topological polar surface area (TPSA) is 20.6 Å². The lowest BCUT2D eigenvalue weighted by Gasteiger charge is -1.96. The van der Waals surface area contributed by atoms with Crippen LogP contribution in [0.2, 0.25) is 0 Å². The monoisotopic (exact) mass is 235 g/mol. The van der Waals surface area contributed by atoms with Crippen LogP contribution in [0, 0.1) is 0 Å². The van der Waals surface area contributed by atoms with Gasteiger partial charge in [-0.25, -0.2) is 0 Å². The summed E-state index contributed by atoms with van der Waals surface area (Å²) in [6.07, 6.45) is 11.6. The van der Waals surface area contributed by atoms with Gasteiger partial charge in [0.2, 0.25) is 11.9 Å². The van der Waals surface area contributed by atoms with E-state index in [-0.39, 0.29) is 0 Å². The van der Waals surface area contributed by atoms with Crippen molar-refractivity contribution in [1.29, 1.82) is 0 Å². The highest BCUT2D eigenvalue weighted by molar-refractivity contribution is 5.23. The minimum atomic E-state index is 1.10. The number of aromatic nitrogens is 3. The summed E-state index contributed by atoms with van der Waals surface area (Å²) in [6.45, 7) is 0. The van der Waals surface area contributed by atoms with Crippen molar-refractivity contribution in [2.45, 2.75) is 0 Å². The maximum absolute atomic E-state index is 4.02. The molecule has 0 aliphatic rings. The van der Waals surface area contributed by atoms with Crippen LogP contribution in [0.25, 0.3) is 11.4 Å². The van der Waals surface area contributed by atoms with Gasteiger partial charge in [-0.3, -0.25) is 4.98 Å². The molecule has 1 aromatic carbocycles. The van der Waals surface area contributed by atoms with Crippen LogP contribution in [0.15, 0.2) is 79.6 Å². The van der Waals surface area contributed by atoms with Gasteiger partial charge in [0, 0.05) is 24.3 Å². The second-order valence-electron chi connectivity index (χ2n) is 3.96. The molecule has 0 bridgehead atoms. The average Bonchev–Trinajstić information content (AvgIpc) is 2.49. The molecule has 0 atom stereocenters. The predicted octanol–water partition coefficient (Wildman–Crippen LogP) is 1.63. The molecule has 3 aromatic rings. The van der Waals surface area contributed by atoms with Gasteiger partial charge in [0.1, 0.15) is 0 Å². The van der Waals surface area contributed by atoms with Gasteiger partial charge in [-0.15, -0.1) is 0 Å². The molecule has 0 radical (unpaired) electrons. The minimum Gasteiger partial charge on any atom is -0.252 e. The second kappa shape index (κ2) is 4.75. The highest BCUT2D eigenvalue weighted by Crippen LogP contribution is 2.00. The van der Waals surface area contributed by atoms with Crippen LogP contribution in [-0.2, 0) is 0 Å². The van der Waals surface area contributed by atoms with Gasteiger partial charge in [0.05, 0.1) is 12.4 Å². The van der Waals surface area contributed by atoms with Crippen LogP contribution in [0.5, 0.6) is 0 Å². The van der Waals surface area contributed by atoms with Crippen molar-refractivity contribution in [2.75, 3.05) is 0 Å². The molecule has 0 saturated carbocycles. The summed E-state index contributed by atoms with van der Waals surface area (Å²) < 4.78 is 4.13. The highest BCUT2D eigenvalue weighted by atomic mass is 15.0. The Balaban J connectivity index is 2.05. The number of para-hydroxylation sites is 1. The first-order valence-corrected chi connectivity index (χ1v) is 5.82. The lowest BCUT2D eigenvalue weighted by molar-refractivity contribution is -0.631. The van der Waals surface area contributed by atoms with Crippen molar-refractivity contribution in [3.05, 3.63) is 79.6 Å². The first-order valence-electron chi connectivity index (χ1n) is 5.82. The zero-order valence-corrected chi connectivity index (χ0v) is 9.85. The highest BCUT2D eigenvalue weighted by Gasteiger charge is 2.12. The summed E-state index contributed by atoms with van der Waals surface area (Å²) in [6, 6.07) is 14.4. The van der Waals surface area contributed by atoms with Crippen LogP contribution in [0.1, 0.15) is 0 Å². The number of nitrogens with zero attached hydrogens (tertiary/aromatic N) is 3. The normalized spacial score (nSPS) is 10.2. The molecule has 3 rings (SSSR count). The van der Waals surface area contributed by atoms with E-state index in [0.29, 0.717) is 0 Å². The molecule has 2 aromatic heterocycles. The van der Waals surface area contributed by atoms with E-state index in [0.717, 1.165) is 11.4 Å². The van der Waals surface area contributed by atoms with Crippen LogP contribution < -0.4 is 9.13 Å². The molecule has 0 spiro atoms. The van der Waals surface area contributed by atoms with E-state index in [4.69, 9.17) is 0 Å². The largest absolute Gasteiger partial charge is 0.275 e. The first-order chi connectivity index (χ1) is 8.93. The first kappa shape index (κ1) is 10.6. The van der Waals surface area contributed by atoms with Crippen molar-refractivity contribution in [3.8, 4) is 11.4 Å². The van der Waals surface area contributed by atoms with Crippen LogP contribution in [0.4, 0.5) is 0 Å². The molecular formula is C15H13N3+2. The van der Waals surface area contributed by atoms with Crippen LogP contribution >= 0.6 is 0 Å². The molecule has 0 unspecified atom stereocenters. The van der Waals surface area contributed by atoms with Gasteiger partial charge in [-0.2, -0.15) is 9.13 Å². The standard InChI is InChI=1S/C15H13N3/c1-2-5-14(6-3-1)18-10-4-7-15(13-18)17-11-8-16-9-12-17/h1-13H/q+2. The SMILES string of the molecule is c1ccc(-[n+]2cccc(-[n+]3ccncc3)c2)cc1. The predicted molar refractivity (Wildman–Crippen MR) is 67.3 cm³/mol. The third kappa shape index (κ3) is 2.11. The molecule has 0 aliphatic carbocycles. The van der Waals surface area contributed by atoms with Crippen molar-refractivity contribution >= 4 is 0 Å². The Hall–Kier alpha value is -2.55. The van der Waals surface area contributed by atoms with E-state index >= 15 is 0 Å². The van der Waals surface area contributed by atoms with E-state index in [2.05, 4.69) is 33.9 Å². The van der Waals surface area contributed by atoms with Gasteiger partial charge < -0.3 is 0 Å². The Morgan fingerprint density at radius 2 is 1.39 bits per heavy atom. The molecule has 3 nitrogen and oxygen atoms in total. The lowest BCUT2D eigenvalue weighted by atomic mass is 10.3. The fourth-order valence-electron chi connectivity index (χ4n) is 1.87. The fraction of sp³-hybridized carbons (Fsp3) is 0. The number of rotatable bonds is 2. The van der Waals surface area contributed by atoms with Crippen LogP contribution in [-0.4, -0.2) is 4.98 Å². The molecule has 2 heterocycles. The zero-order valence-electron chi connectivity index (χ0n) is 9.85. The van der Waals surface area contributed by atoms with Crippen molar-refractivity contribution in [3.63, 3.8) is 0 Å². The number of pyridine rings is 1. The Kier molecular flexibility index (Phi) is 2.80. The van der Waals surface area contributed by atoms with Gasteiger partial charge >= 0.3 is 0 Å². The van der Waals surface area contributed by atoms with E-state index in [1.807, 2.05) is 47.4 Å². The molecule has 0 aliphatic heterocycles. The third-order valence-corrected chi connectivity index (χ3v) is 2.76. The van der Waals surface area contributed by atoms with E-state index in [1.165, 1.54) is 0 Å².